The van der Waals surface area contributed by atoms with Crippen molar-refractivity contribution < 1.29 is 17.8 Å². The Bertz CT molecular complexity index is 151. The highest BCUT2D eigenvalue weighted by molar-refractivity contribution is 7.85. The molecule has 0 spiro atoms. The molecule has 0 aliphatic rings. The second kappa shape index (κ2) is 3.78. The summed E-state index contributed by atoms with van der Waals surface area (Å²) in [6, 6.07) is 0. The molecule has 6 heteroatoms. The van der Waals surface area contributed by atoms with Crippen molar-refractivity contribution in [3.63, 3.8) is 0 Å². The van der Waals surface area contributed by atoms with Gasteiger partial charge in [0.2, 0.25) is 0 Å². The summed E-state index contributed by atoms with van der Waals surface area (Å²) in [6.07, 6.45) is 0.218. The maximum atomic E-state index is 9.97. The van der Waals surface area contributed by atoms with Gasteiger partial charge in [-0.3, -0.25) is 4.55 Å². The fourth-order valence-corrected chi connectivity index (χ4v) is 0.807. The monoisotopic (exact) mass is 155 g/mol. The molecule has 9 heavy (non-hydrogen) atoms. The average Bonchev–Trinajstić information content (AvgIpc) is 1.63. The highest BCUT2D eigenvalue weighted by Gasteiger charge is 2.01. The van der Waals surface area contributed by atoms with Gasteiger partial charge in [0.15, 0.2) is 0 Å². The van der Waals surface area contributed by atoms with Gasteiger partial charge in [-0.15, -0.1) is 0 Å². The molecule has 0 aromatic rings. The van der Waals surface area contributed by atoms with Crippen LogP contribution in [0.1, 0.15) is 6.42 Å². The molecule has 0 heterocycles. The highest BCUT2D eigenvalue weighted by Crippen LogP contribution is 1.86. The van der Waals surface area contributed by atoms with Gasteiger partial charge >= 0.3 is 0 Å². The minimum absolute atomic E-state index is 0.139. The Hall–Kier alpha value is -0.170. The Morgan fingerprint density at radius 2 is 2.11 bits per heavy atom. The van der Waals surface area contributed by atoms with Crippen LogP contribution in [0.2, 0.25) is 0 Å². The number of hydrogen-bond acceptors (Lipinski definition) is 4. The van der Waals surface area contributed by atoms with Crippen molar-refractivity contribution in [1.82, 2.24) is 0 Å². The molecule has 0 bridgehead atoms. The van der Waals surface area contributed by atoms with Gasteiger partial charge in [0, 0.05) is 0 Å². The Balaban J connectivity index is 3.30. The van der Waals surface area contributed by atoms with E-state index in [1.807, 2.05) is 0 Å². The molecule has 5 nitrogen and oxygen atoms in total. The zero-order valence-electron chi connectivity index (χ0n) is 4.78. The van der Waals surface area contributed by atoms with Crippen molar-refractivity contribution in [2.75, 3.05) is 12.4 Å². The largest absolute Gasteiger partial charge is 0.305 e. The standard InChI is InChI=1S/C3H9NO4S/c4-8-2-1-3-9(5,6)7/h1-4H2,(H,5,6,7). The maximum absolute atomic E-state index is 9.97. The number of nitrogens with two attached hydrogens (primary N) is 1. The van der Waals surface area contributed by atoms with E-state index in [0.29, 0.717) is 0 Å². The molecule has 0 unspecified atom stereocenters. The van der Waals surface area contributed by atoms with Gasteiger partial charge < -0.3 is 4.84 Å². The van der Waals surface area contributed by atoms with Crippen LogP contribution >= 0.6 is 0 Å². The van der Waals surface area contributed by atoms with Crippen LogP contribution in [0.4, 0.5) is 0 Å². The lowest BCUT2D eigenvalue weighted by molar-refractivity contribution is 0.139. The van der Waals surface area contributed by atoms with E-state index in [-0.39, 0.29) is 18.8 Å². The summed E-state index contributed by atoms with van der Waals surface area (Å²) in [6.45, 7) is 0.139. The zero-order valence-corrected chi connectivity index (χ0v) is 5.60. The van der Waals surface area contributed by atoms with Crippen molar-refractivity contribution in [3.8, 4) is 0 Å². The summed E-state index contributed by atoms with van der Waals surface area (Å²) in [5.41, 5.74) is 0. The Morgan fingerprint density at radius 3 is 2.44 bits per heavy atom. The van der Waals surface area contributed by atoms with E-state index in [1.54, 1.807) is 0 Å². The molecule has 0 atom stereocenters. The lowest BCUT2D eigenvalue weighted by Gasteiger charge is -1.93. The summed E-state index contributed by atoms with van der Waals surface area (Å²) >= 11 is 0. The summed E-state index contributed by atoms with van der Waals surface area (Å²) in [5.74, 6) is 4.28. The summed E-state index contributed by atoms with van der Waals surface area (Å²) < 4.78 is 28.1. The molecule has 0 fully saturated rings. The van der Waals surface area contributed by atoms with Gasteiger partial charge in [-0.1, -0.05) is 0 Å². The normalized spacial score (nSPS) is 11.8. The first kappa shape index (κ1) is 8.83. The van der Waals surface area contributed by atoms with Gasteiger partial charge in [-0.2, -0.15) is 8.42 Å². The zero-order chi connectivity index (χ0) is 7.33. The smallest absolute Gasteiger partial charge is 0.264 e. The van der Waals surface area contributed by atoms with Crippen LogP contribution in [0, 0.1) is 0 Å². The topological polar surface area (TPSA) is 89.6 Å². The molecule has 0 amide bonds. The van der Waals surface area contributed by atoms with Crippen LogP contribution in [0.5, 0.6) is 0 Å². The third kappa shape index (κ3) is 7.83. The predicted molar refractivity (Wildman–Crippen MR) is 31.2 cm³/mol. The lowest BCUT2D eigenvalue weighted by atomic mass is 10.5. The van der Waals surface area contributed by atoms with E-state index >= 15 is 0 Å². The first-order valence-electron chi connectivity index (χ1n) is 2.33. The summed E-state index contributed by atoms with van der Waals surface area (Å²) in [7, 11) is -3.83. The first-order chi connectivity index (χ1) is 4.06. The highest BCUT2D eigenvalue weighted by atomic mass is 32.2. The van der Waals surface area contributed by atoms with E-state index in [0.717, 1.165) is 0 Å². The molecule has 0 rings (SSSR count). The summed E-state index contributed by atoms with van der Waals surface area (Å²) in [4.78, 5) is 4.06. The predicted octanol–water partition coefficient (Wildman–Crippen LogP) is -0.845. The number of hydrogen-bond donors (Lipinski definition) is 2. The van der Waals surface area contributed by atoms with Gasteiger partial charge in [-0.05, 0) is 6.42 Å². The van der Waals surface area contributed by atoms with E-state index in [1.165, 1.54) is 0 Å². The van der Waals surface area contributed by atoms with E-state index in [2.05, 4.69) is 10.7 Å². The Labute approximate surface area is 53.5 Å². The van der Waals surface area contributed by atoms with Gasteiger partial charge in [0.05, 0.1) is 12.4 Å². The molecular formula is C3H9NO4S. The molecule has 0 saturated heterocycles. The number of rotatable bonds is 4. The van der Waals surface area contributed by atoms with Crippen LogP contribution in [0.15, 0.2) is 0 Å². The van der Waals surface area contributed by atoms with Gasteiger partial charge in [0.1, 0.15) is 0 Å². The van der Waals surface area contributed by atoms with Crippen molar-refractivity contribution in [2.24, 2.45) is 5.90 Å². The molecular weight excluding hydrogens is 146 g/mol. The second-order valence-corrected chi connectivity index (χ2v) is 3.08. The minimum atomic E-state index is -3.83. The average molecular weight is 155 g/mol. The molecule has 56 valence electrons. The van der Waals surface area contributed by atoms with Crippen molar-refractivity contribution in [2.45, 2.75) is 6.42 Å². The molecule has 0 radical (unpaired) electrons. The third-order valence-electron chi connectivity index (χ3n) is 0.664. The first-order valence-corrected chi connectivity index (χ1v) is 3.94. The summed E-state index contributed by atoms with van der Waals surface area (Å²) in [5, 5.41) is 0. The van der Waals surface area contributed by atoms with E-state index in [9.17, 15) is 8.42 Å². The van der Waals surface area contributed by atoms with Crippen molar-refractivity contribution in [1.29, 1.82) is 0 Å². The lowest BCUT2D eigenvalue weighted by Crippen LogP contribution is -2.09. The molecule has 0 aromatic heterocycles. The Kier molecular flexibility index (Phi) is 3.71. The molecule has 3 N–H and O–H groups in total. The molecule has 0 aromatic carbocycles. The van der Waals surface area contributed by atoms with Crippen LogP contribution in [0.25, 0.3) is 0 Å². The van der Waals surface area contributed by atoms with Crippen LogP contribution in [-0.2, 0) is 15.0 Å². The fraction of sp³-hybridized carbons (Fsp3) is 1.00. The molecule has 0 aliphatic heterocycles. The second-order valence-electron chi connectivity index (χ2n) is 1.51. The van der Waals surface area contributed by atoms with E-state index < -0.39 is 10.1 Å². The fourth-order valence-electron chi connectivity index (χ4n) is 0.325. The van der Waals surface area contributed by atoms with Gasteiger partial charge in [-0.25, -0.2) is 5.90 Å². The minimum Gasteiger partial charge on any atom is -0.305 e. The van der Waals surface area contributed by atoms with Crippen molar-refractivity contribution in [3.05, 3.63) is 0 Å². The van der Waals surface area contributed by atoms with Crippen LogP contribution in [-0.4, -0.2) is 25.3 Å². The Morgan fingerprint density at radius 1 is 1.56 bits per heavy atom. The molecule has 0 saturated carbocycles. The van der Waals surface area contributed by atoms with Gasteiger partial charge in [0.25, 0.3) is 10.1 Å². The molecule has 0 aliphatic carbocycles. The third-order valence-corrected chi connectivity index (χ3v) is 1.47. The van der Waals surface area contributed by atoms with E-state index in [4.69, 9.17) is 4.55 Å². The maximum Gasteiger partial charge on any atom is 0.264 e. The van der Waals surface area contributed by atoms with Crippen molar-refractivity contribution >= 4 is 10.1 Å². The van der Waals surface area contributed by atoms with Crippen LogP contribution in [0.3, 0.4) is 0 Å². The SMILES string of the molecule is NOCCCS(=O)(=O)O. The quantitative estimate of drug-likeness (QED) is 0.313. The van der Waals surface area contributed by atoms with Crippen LogP contribution < -0.4 is 5.90 Å².